The molecule has 0 heterocycles. The van der Waals surface area contributed by atoms with Crippen LogP contribution < -0.4 is 0 Å². The van der Waals surface area contributed by atoms with Gasteiger partial charge in [0.25, 0.3) is 0 Å². The maximum Gasteiger partial charge on any atom is 0.206 e. The Labute approximate surface area is 207 Å². The summed E-state index contributed by atoms with van der Waals surface area (Å²) < 4.78 is 26.4. The van der Waals surface area contributed by atoms with Gasteiger partial charge < -0.3 is 0 Å². The second-order valence-electron chi connectivity index (χ2n) is 8.86. The highest BCUT2D eigenvalue weighted by atomic mass is 32.2. The lowest BCUT2D eigenvalue weighted by atomic mass is 10.00. The van der Waals surface area contributed by atoms with Crippen molar-refractivity contribution in [2.45, 2.75) is 23.6 Å². The average molecular weight is 475 g/mol. The molecular formula is C32H26O2S. The Morgan fingerprint density at radius 2 is 0.543 bits per heavy atom. The van der Waals surface area contributed by atoms with Crippen molar-refractivity contribution >= 4 is 9.84 Å². The summed E-state index contributed by atoms with van der Waals surface area (Å²) in [5.41, 5.74) is 8.85. The number of aryl methyl sites for hydroxylation is 2. The van der Waals surface area contributed by atoms with Gasteiger partial charge in [-0.1, -0.05) is 108 Å². The second-order valence-corrected chi connectivity index (χ2v) is 10.8. The summed E-state index contributed by atoms with van der Waals surface area (Å²) in [5.74, 6) is 0. The van der Waals surface area contributed by atoms with Crippen molar-refractivity contribution in [3.63, 3.8) is 0 Å². The molecule has 0 radical (unpaired) electrons. The van der Waals surface area contributed by atoms with E-state index in [0.29, 0.717) is 9.79 Å². The minimum atomic E-state index is -3.59. The summed E-state index contributed by atoms with van der Waals surface area (Å²) in [6, 6.07) is 39.2. The molecule has 0 spiro atoms. The van der Waals surface area contributed by atoms with Crippen LogP contribution in [0.5, 0.6) is 0 Å². The summed E-state index contributed by atoms with van der Waals surface area (Å²) >= 11 is 0. The van der Waals surface area contributed by atoms with Crippen molar-refractivity contribution in [3.05, 3.63) is 132 Å². The summed E-state index contributed by atoms with van der Waals surface area (Å²) in [5, 5.41) is 0. The molecule has 0 N–H and O–H groups in total. The van der Waals surface area contributed by atoms with Crippen LogP contribution in [0.2, 0.25) is 0 Å². The molecule has 0 amide bonds. The molecule has 2 nitrogen and oxygen atoms in total. The fourth-order valence-corrected chi connectivity index (χ4v) is 5.40. The van der Waals surface area contributed by atoms with Crippen molar-refractivity contribution in [1.82, 2.24) is 0 Å². The summed E-state index contributed by atoms with van der Waals surface area (Å²) in [6.45, 7) is 4.13. The molecule has 0 aliphatic heterocycles. The third-order valence-corrected chi connectivity index (χ3v) is 8.10. The van der Waals surface area contributed by atoms with Crippen LogP contribution in [0.3, 0.4) is 0 Å². The Balaban J connectivity index is 1.35. The molecule has 35 heavy (non-hydrogen) atoms. The van der Waals surface area contributed by atoms with Gasteiger partial charge in [-0.05, 0) is 71.5 Å². The highest BCUT2D eigenvalue weighted by Crippen LogP contribution is 2.29. The van der Waals surface area contributed by atoms with Crippen LogP contribution in [0.15, 0.2) is 131 Å². The molecule has 0 aromatic heterocycles. The molecule has 5 rings (SSSR count). The van der Waals surface area contributed by atoms with Crippen LogP contribution in [0.4, 0.5) is 0 Å². The zero-order chi connectivity index (χ0) is 24.4. The van der Waals surface area contributed by atoms with E-state index in [-0.39, 0.29) is 0 Å². The van der Waals surface area contributed by atoms with Gasteiger partial charge in [-0.25, -0.2) is 8.42 Å². The molecule has 5 aromatic carbocycles. The molecule has 0 saturated heterocycles. The van der Waals surface area contributed by atoms with E-state index in [9.17, 15) is 8.42 Å². The highest BCUT2D eigenvalue weighted by Gasteiger charge is 2.17. The van der Waals surface area contributed by atoms with E-state index in [0.717, 1.165) is 27.8 Å². The maximum absolute atomic E-state index is 13.2. The molecule has 3 heteroatoms. The first-order valence-electron chi connectivity index (χ1n) is 11.6. The SMILES string of the molecule is Cc1ccc(-c2ccc(-c3ccc(S(=O)(=O)c4ccc(-c5ccc(C)cc5)cc4)cc3)cc2)cc1. The van der Waals surface area contributed by atoms with Crippen LogP contribution in [0.1, 0.15) is 11.1 Å². The largest absolute Gasteiger partial charge is 0.219 e. The van der Waals surface area contributed by atoms with Crippen LogP contribution in [0.25, 0.3) is 33.4 Å². The van der Waals surface area contributed by atoms with E-state index < -0.39 is 9.84 Å². The number of rotatable bonds is 5. The summed E-state index contributed by atoms with van der Waals surface area (Å²) in [4.78, 5) is 0.587. The summed E-state index contributed by atoms with van der Waals surface area (Å²) in [6.07, 6.45) is 0. The van der Waals surface area contributed by atoms with Crippen LogP contribution in [-0.4, -0.2) is 8.42 Å². The van der Waals surface area contributed by atoms with Gasteiger partial charge in [-0.15, -0.1) is 0 Å². The van der Waals surface area contributed by atoms with E-state index in [1.54, 1.807) is 24.3 Å². The number of benzene rings is 5. The minimum Gasteiger partial charge on any atom is -0.219 e. The fraction of sp³-hybridized carbons (Fsp3) is 0.0625. The molecule has 0 unspecified atom stereocenters. The Morgan fingerprint density at radius 1 is 0.343 bits per heavy atom. The van der Waals surface area contributed by atoms with Crippen molar-refractivity contribution in [2.75, 3.05) is 0 Å². The van der Waals surface area contributed by atoms with Crippen molar-refractivity contribution < 1.29 is 8.42 Å². The predicted molar refractivity (Wildman–Crippen MR) is 144 cm³/mol. The third kappa shape index (κ3) is 4.82. The predicted octanol–water partition coefficient (Wildman–Crippen LogP) is 8.14. The Hall–Kier alpha value is -3.95. The van der Waals surface area contributed by atoms with Crippen LogP contribution >= 0.6 is 0 Å². The smallest absolute Gasteiger partial charge is 0.206 e. The van der Waals surface area contributed by atoms with Gasteiger partial charge in [0.05, 0.1) is 9.79 Å². The number of sulfone groups is 1. The lowest BCUT2D eigenvalue weighted by molar-refractivity contribution is 0.596. The molecule has 0 aliphatic carbocycles. The Kier molecular flexibility index (Phi) is 6.10. The monoisotopic (exact) mass is 474 g/mol. The Morgan fingerprint density at radius 3 is 0.800 bits per heavy atom. The standard InChI is InChI=1S/C32H26O2S/c1-23-3-7-25(8-4-23)27-11-13-28(14-12-27)30-17-21-32(22-18-30)35(33,34)31-19-15-29(16-20-31)26-9-5-24(2)6-10-26/h3-22H,1-2H3. The highest BCUT2D eigenvalue weighted by molar-refractivity contribution is 7.91. The van der Waals surface area contributed by atoms with Gasteiger partial charge >= 0.3 is 0 Å². The van der Waals surface area contributed by atoms with E-state index >= 15 is 0 Å². The molecule has 0 atom stereocenters. The van der Waals surface area contributed by atoms with Crippen molar-refractivity contribution in [3.8, 4) is 33.4 Å². The molecule has 172 valence electrons. The first-order chi connectivity index (χ1) is 16.9. The van der Waals surface area contributed by atoms with Gasteiger partial charge in [0.15, 0.2) is 0 Å². The van der Waals surface area contributed by atoms with E-state index in [2.05, 4.69) is 67.6 Å². The molecule has 0 saturated carbocycles. The van der Waals surface area contributed by atoms with Gasteiger partial charge in [-0.2, -0.15) is 0 Å². The molecule has 0 fully saturated rings. The van der Waals surface area contributed by atoms with Gasteiger partial charge in [0.2, 0.25) is 9.84 Å². The lowest BCUT2D eigenvalue weighted by Crippen LogP contribution is -2.01. The van der Waals surface area contributed by atoms with Crippen LogP contribution in [-0.2, 0) is 9.84 Å². The number of hydrogen-bond donors (Lipinski definition) is 0. The minimum absolute atomic E-state index is 0.292. The zero-order valence-corrected chi connectivity index (χ0v) is 20.6. The van der Waals surface area contributed by atoms with E-state index in [4.69, 9.17) is 0 Å². The van der Waals surface area contributed by atoms with Gasteiger partial charge in [-0.3, -0.25) is 0 Å². The van der Waals surface area contributed by atoms with Crippen molar-refractivity contribution in [2.24, 2.45) is 0 Å². The molecule has 0 bridgehead atoms. The van der Waals surface area contributed by atoms with Crippen molar-refractivity contribution in [1.29, 1.82) is 0 Å². The average Bonchev–Trinajstić information content (AvgIpc) is 2.90. The first kappa shape index (κ1) is 22.8. The van der Waals surface area contributed by atoms with E-state index in [1.165, 1.54) is 16.7 Å². The zero-order valence-electron chi connectivity index (χ0n) is 19.8. The van der Waals surface area contributed by atoms with Crippen LogP contribution in [0, 0.1) is 13.8 Å². The summed E-state index contributed by atoms with van der Waals surface area (Å²) in [7, 11) is -3.59. The van der Waals surface area contributed by atoms with Gasteiger partial charge in [0, 0.05) is 0 Å². The third-order valence-electron chi connectivity index (χ3n) is 6.32. The fourth-order valence-electron chi connectivity index (χ4n) is 4.14. The van der Waals surface area contributed by atoms with E-state index in [1.807, 2.05) is 43.3 Å². The second kappa shape index (κ2) is 9.36. The quantitative estimate of drug-likeness (QED) is 0.258. The molecule has 0 aliphatic rings. The topological polar surface area (TPSA) is 34.1 Å². The normalized spacial score (nSPS) is 11.4. The first-order valence-corrected chi connectivity index (χ1v) is 13.1. The lowest BCUT2D eigenvalue weighted by Gasteiger charge is -2.09. The van der Waals surface area contributed by atoms with Gasteiger partial charge in [0.1, 0.15) is 0 Å². The maximum atomic E-state index is 13.2. The Bertz CT molecular complexity index is 1550. The molecule has 5 aromatic rings. The molecular weight excluding hydrogens is 448 g/mol. The number of hydrogen-bond acceptors (Lipinski definition) is 2.